The zero-order valence-corrected chi connectivity index (χ0v) is 8.59. The minimum absolute atomic E-state index is 0.177. The summed E-state index contributed by atoms with van der Waals surface area (Å²) in [7, 11) is 0. The molecule has 0 atom stereocenters. The maximum absolute atomic E-state index is 11.6. The van der Waals surface area contributed by atoms with Gasteiger partial charge in [0.05, 0.1) is 5.69 Å². The smallest absolute Gasteiger partial charge is 0.269 e. The molecule has 0 saturated carbocycles. The monoisotopic (exact) mass is 217 g/mol. The number of carbonyl (C=O) groups is 1. The molecule has 0 aliphatic rings. The van der Waals surface area contributed by atoms with E-state index in [1.807, 2.05) is 0 Å². The molecule has 2 aromatic heterocycles. The third kappa shape index (κ3) is 2.66. The second-order valence-electron chi connectivity index (χ2n) is 3.20. The molecule has 0 saturated heterocycles. The summed E-state index contributed by atoms with van der Waals surface area (Å²) >= 11 is 0. The van der Waals surface area contributed by atoms with Crippen molar-refractivity contribution in [1.29, 1.82) is 0 Å². The van der Waals surface area contributed by atoms with Gasteiger partial charge in [-0.3, -0.25) is 9.78 Å². The Kier molecular flexibility index (Phi) is 3.28. The Balaban J connectivity index is 1.81. The van der Waals surface area contributed by atoms with Crippen molar-refractivity contribution >= 4 is 5.91 Å². The Labute approximate surface area is 92.5 Å². The van der Waals surface area contributed by atoms with E-state index >= 15 is 0 Å². The van der Waals surface area contributed by atoms with Gasteiger partial charge >= 0.3 is 0 Å². The van der Waals surface area contributed by atoms with Gasteiger partial charge in [-0.15, -0.1) is 0 Å². The first-order valence-corrected chi connectivity index (χ1v) is 4.92. The van der Waals surface area contributed by atoms with Gasteiger partial charge in [0, 0.05) is 19.2 Å². The van der Waals surface area contributed by atoms with Crippen LogP contribution in [0.4, 0.5) is 0 Å². The summed E-state index contributed by atoms with van der Waals surface area (Å²) < 4.78 is 4.82. The Hall–Kier alpha value is -2.17. The number of hydrogen-bond acceptors (Lipinski definition) is 4. The standard InChI is InChI=1S/C11H11N3O2/c15-11(10-3-1-2-5-12-10)13-6-4-9-7-16-8-14-9/h1-3,5,7-8H,4,6H2,(H,13,15). The average molecular weight is 217 g/mol. The summed E-state index contributed by atoms with van der Waals surface area (Å²) in [6, 6.07) is 5.22. The number of oxazole rings is 1. The molecule has 5 nitrogen and oxygen atoms in total. The maximum atomic E-state index is 11.6. The molecule has 1 N–H and O–H groups in total. The third-order valence-corrected chi connectivity index (χ3v) is 2.05. The van der Waals surface area contributed by atoms with Crippen molar-refractivity contribution in [3.63, 3.8) is 0 Å². The van der Waals surface area contributed by atoms with Gasteiger partial charge in [-0.2, -0.15) is 0 Å². The lowest BCUT2D eigenvalue weighted by atomic mass is 10.3. The fraction of sp³-hybridized carbons (Fsp3) is 0.182. The number of nitrogens with one attached hydrogen (secondary N) is 1. The van der Waals surface area contributed by atoms with Crippen LogP contribution in [0.5, 0.6) is 0 Å². The molecule has 0 fully saturated rings. The molecule has 2 aromatic rings. The lowest BCUT2D eigenvalue weighted by molar-refractivity contribution is 0.0949. The highest BCUT2D eigenvalue weighted by molar-refractivity contribution is 5.92. The highest BCUT2D eigenvalue weighted by atomic mass is 16.3. The predicted molar refractivity (Wildman–Crippen MR) is 56.8 cm³/mol. The third-order valence-electron chi connectivity index (χ3n) is 2.05. The van der Waals surface area contributed by atoms with Crippen molar-refractivity contribution in [2.75, 3.05) is 6.54 Å². The first kappa shape index (κ1) is 10.4. The maximum Gasteiger partial charge on any atom is 0.269 e. The highest BCUT2D eigenvalue weighted by Gasteiger charge is 2.05. The first-order chi connectivity index (χ1) is 7.86. The van der Waals surface area contributed by atoms with Gasteiger partial charge in [0.25, 0.3) is 5.91 Å². The molecule has 0 aliphatic heterocycles. The molecule has 0 unspecified atom stereocenters. The average Bonchev–Trinajstić information content (AvgIpc) is 2.83. The second-order valence-corrected chi connectivity index (χ2v) is 3.20. The number of hydrogen-bond donors (Lipinski definition) is 1. The van der Waals surface area contributed by atoms with Gasteiger partial charge in [-0.1, -0.05) is 6.07 Å². The number of carbonyl (C=O) groups excluding carboxylic acids is 1. The minimum atomic E-state index is -0.177. The highest BCUT2D eigenvalue weighted by Crippen LogP contribution is 1.96. The van der Waals surface area contributed by atoms with Gasteiger partial charge in [-0.25, -0.2) is 4.98 Å². The summed E-state index contributed by atoms with van der Waals surface area (Å²) in [6.07, 6.45) is 5.17. The summed E-state index contributed by atoms with van der Waals surface area (Å²) in [5.41, 5.74) is 1.24. The SMILES string of the molecule is O=C(NCCc1cocn1)c1ccccn1. The summed E-state index contributed by atoms with van der Waals surface area (Å²) in [6.45, 7) is 0.516. The normalized spacial score (nSPS) is 10.0. The van der Waals surface area contributed by atoms with Crippen molar-refractivity contribution in [2.45, 2.75) is 6.42 Å². The lowest BCUT2D eigenvalue weighted by Gasteiger charge is -2.02. The molecule has 16 heavy (non-hydrogen) atoms. The summed E-state index contributed by atoms with van der Waals surface area (Å²) in [4.78, 5) is 19.5. The van der Waals surface area contributed by atoms with Crippen molar-refractivity contribution in [2.24, 2.45) is 0 Å². The van der Waals surface area contributed by atoms with E-state index in [4.69, 9.17) is 4.42 Å². The van der Waals surface area contributed by atoms with Crippen molar-refractivity contribution in [3.05, 3.63) is 48.4 Å². The molecular formula is C11H11N3O2. The molecule has 82 valence electrons. The Morgan fingerprint density at radius 2 is 2.31 bits per heavy atom. The molecule has 0 aliphatic carbocycles. The van der Waals surface area contributed by atoms with Crippen molar-refractivity contribution in [1.82, 2.24) is 15.3 Å². The number of pyridine rings is 1. The van der Waals surface area contributed by atoms with E-state index in [2.05, 4.69) is 15.3 Å². The van der Waals surface area contributed by atoms with Crippen LogP contribution >= 0.6 is 0 Å². The van der Waals surface area contributed by atoms with Crippen LogP contribution in [0.25, 0.3) is 0 Å². The molecule has 1 amide bonds. The van der Waals surface area contributed by atoms with Crippen molar-refractivity contribution in [3.8, 4) is 0 Å². The Morgan fingerprint density at radius 3 is 3.00 bits per heavy atom. The van der Waals surface area contributed by atoms with Gasteiger partial charge in [0.15, 0.2) is 6.39 Å². The van der Waals surface area contributed by atoms with Crippen LogP contribution in [0.2, 0.25) is 0 Å². The van der Waals surface area contributed by atoms with Crippen LogP contribution < -0.4 is 5.32 Å². The van der Waals surface area contributed by atoms with Crippen LogP contribution in [0, 0.1) is 0 Å². The van der Waals surface area contributed by atoms with Crippen molar-refractivity contribution < 1.29 is 9.21 Å². The molecule has 2 heterocycles. The minimum Gasteiger partial charge on any atom is -0.451 e. The van der Waals surface area contributed by atoms with Gasteiger partial charge in [0.2, 0.25) is 0 Å². The summed E-state index contributed by atoms with van der Waals surface area (Å²) in [5, 5.41) is 2.75. The van der Waals surface area contributed by atoms with Crippen LogP contribution in [0.15, 0.2) is 41.5 Å². The largest absolute Gasteiger partial charge is 0.451 e. The van der Waals surface area contributed by atoms with E-state index in [9.17, 15) is 4.79 Å². The topological polar surface area (TPSA) is 68.0 Å². The molecular weight excluding hydrogens is 206 g/mol. The molecule has 2 rings (SSSR count). The quantitative estimate of drug-likeness (QED) is 0.830. The molecule has 0 aromatic carbocycles. The number of rotatable bonds is 4. The Bertz CT molecular complexity index is 440. The van der Waals surface area contributed by atoms with Crippen LogP contribution in [-0.2, 0) is 6.42 Å². The van der Waals surface area contributed by atoms with Gasteiger partial charge < -0.3 is 9.73 Å². The first-order valence-electron chi connectivity index (χ1n) is 4.92. The van der Waals surface area contributed by atoms with Crippen LogP contribution in [-0.4, -0.2) is 22.4 Å². The van der Waals surface area contributed by atoms with Crippen LogP contribution in [0.1, 0.15) is 16.2 Å². The Morgan fingerprint density at radius 1 is 1.38 bits per heavy atom. The van der Waals surface area contributed by atoms with E-state index in [-0.39, 0.29) is 5.91 Å². The van der Waals surface area contributed by atoms with Crippen LogP contribution in [0.3, 0.4) is 0 Å². The zero-order valence-electron chi connectivity index (χ0n) is 8.59. The van der Waals surface area contributed by atoms with E-state index in [0.717, 1.165) is 5.69 Å². The second kappa shape index (κ2) is 5.06. The zero-order chi connectivity index (χ0) is 11.2. The predicted octanol–water partition coefficient (Wildman–Crippen LogP) is 1.04. The fourth-order valence-electron chi connectivity index (χ4n) is 1.25. The molecule has 0 bridgehead atoms. The number of amides is 1. The van der Waals surface area contributed by atoms with E-state index in [1.165, 1.54) is 6.39 Å². The van der Waals surface area contributed by atoms with Gasteiger partial charge in [-0.05, 0) is 12.1 Å². The lowest BCUT2D eigenvalue weighted by Crippen LogP contribution is -2.26. The molecule has 0 radical (unpaired) electrons. The fourth-order valence-corrected chi connectivity index (χ4v) is 1.25. The molecule has 0 spiro atoms. The summed E-state index contributed by atoms with van der Waals surface area (Å²) in [5.74, 6) is -0.177. The number of aromatic nitrogens is 2. The molecule has 5 heteroatoms. The number of nitrogens with zero attached hydrogens (tertiary/aromatic N) is 2. The van der Waals surface area contributed by atoms with E-state index < -0.39 is 0 Å². The van der Waals surface area contributed by atoms with Gasteiger partial charge in [0.1, 0.15) is 12.0 Å². The van der Waals surface area contributed by atoms with E-state index in [0.29, 0.717) is 18.7 Å². The van der Waals surface area contributed by atoms with E-state index in [1.54, 1.807) is 30.7 Å².